The molecular weight excluding hydrogens is 431 g/mol. The summed E-state index contributed by atoms with van der Waals surface area (Å²) in [6.07, 6.45) is 6.77. The number of guanidine groups is 1. The molecule has 1 aliphatic rings. The first-order chi connectivity index (χ1) is 11.7. The predicted octanol–water partition coefficient (Wildman–Crippen LogP) is 1.41. The van der Waals surface area contributed by atoms with Crippen molar-refractivity contribution in [3.05, 3.63) is 18.7 Å². The van der Waals surface area contributed by atoms with Gasteiger partial charge in [-0.05, 0) is 12.3 Å². The smallest absolute Gasteiger partial charge is 0.191 e. The molecule has 0 radical (unpaired) electrons. The molecule has 2 rings (SSSR count). The summed E-state index contributed by atoms with van der Waals surface area (Å²) >= 11 is 0. The molecule has 2 heterocycles. The Hall–Kier alpha value is -0.870. The molecule has 25 heavy (non-hydrogen) atoms. The number of hydrogen-bond donors (Lipinski definition) is 2. The molecule has 1 saturated heterocycles. The molecule has 1 atom stereocenters. The summed E-state index contributed by atoms with van der Waals surface area (Å²) < 4.78 is 7.54. The van der Waals surface area contributed by atoms with E-state index >= 15 is 0 Å². The summed E-state index contributed by atoms with van der Waals surface area (Å²) in [5.41, 5.74) is 0. The maximum absolute atomic E-state index is 5.48. The van der Waals surface area contributed by atoms with Gasteiger partial charge >= 0.3 is 0 Å². The zero-order valence-electron chi connectivity index (χ0n) is 15.6. The maximum Gasteiger partial charge on any atom is 0.191 e. The van der Waals surface area contributed by atoms with Crippen molar-refractivity contribution < 1.29 is 4.74 Å². The highest BCUT2D eigenvalue weighted by molar-refractivity contribution is 14.0. The van der Waals surface area contributed by atoms with Gasteiger partial charge in [-0.2, -0.15) is 0 Å². The lowest BCUT2D eigenvalue weighted by Gasteiger charge is -2.35. The molecule has 0 bridgehead atoms. The lowest BCUT2D eigenvalue weighted by molar-refractivity contribution is 0.0132. The first-order valence-electron chi connectivity index (χ1n) is 8.91. The van der Waals surface area contributed by atoms with Gasteiger partial charge in [0.05, 0.1) is 19.5 Å². The number of rotatable bonds is 8. The zero-order chi connectivity index (χ0) is 17.2. The van der Waals surface area contributed by atoms with Gasteiger partial charge in [0.15, 0.2) is 5.96 Å². The molecule has 1 unspecified atom stereocenters. The molecule has 0 spiro atoms. The number of halogens is 1. The van der Waals surface area contributed by atoms with Crippen molar-refractivity contribution in [2.24, 2.45) is 10.9 Å². The van der Waals surface area contributed by atoms with E-state index in [1.807, 2.05) is 19.6 Å². The highest BCUT2D eigenvalue weighted by Crippen LogP contribution is 2.12. The number of imidazole rings is 1. The Balaban J connectivity index is 0.00000312. The average Bonchev–Trinajstić information content (AvgIpc) is 3.10. The fourth-order valence-electron chi connectivity index (χ4n) is 3.01. The number of hydrogen-bond acceptors (Lipinski definition) is 4. The van der Waals surface area contributed by atoms with Crippen LogP contribution in [0, 0.1) is 5.92 Å². The van der Waals surface area contributed by atoms with E-state index in [1.54, 1.807) is 6.20 Å². The summed E-state index contributed by atoms with van der Waals surface area (Å²) in [6.45, 7) is 10.9. The second-order valence-corrected chi connectivity index (χ2v) is 6.61. The molecule has 1 aromatic rings. The average molecular weight is 464 g/mol. The largest absolute Gasteiger partial charge is 0.379 e. The van der Waals surface area contributed by atoms with Crippen molar-refractivity contribution in [1.29, 1.82) is 0 Å². The standard InChI is InChI=1S/C17H32N6O.HI/c1-15(2)12-16(23-8-10-24-11-9-23)13-21-17(18-3)20-5-7-22-6-4-19-14-22;/h4,6,14-16H,5,7-13H2,1-3H3,(H2,18,20,21);1H. The number of aromatic nitrogens is 2. The fourth-order valence-corrected chi connectivity index (χ4v) is 3.01. The Morgan fingerprint density at radius 2 is 2.04 bits per heavy atom. The fraction of sp³-hybridized carbons (Fsp3) is 0.765. The highest BCUT2D eigenvalue weighted by atomic mass is 127. The van der Waals surface area contributed by atoms with Crippen LogP contribution in [0.5, 0.6) is 0 Å². The van der Waals surface area contributed by atoms with E-state index in [2.05, 4.69) is 43.9 Å². The number of nitrogens with zero attached hydrogens (tertiary/aromatic N) is 4. The molecular formula is C17H33IN6O. The van der Waals surface area contributed by atoms with Gasteiger partial charge in [-0.25, -0.2) is 4.98 Å². The molecule has 7 nitrogen and oxygen atoms in total. The van der Waals surface area contributed by atoms with E-state index < -0.39 is 0 Å². The first-order valence-corrected chi connectivity index (χ1v) is 8.91. The second kappa shape index (κ2) is 12.5. The summed E-state index contributed by atoms with van der Waals surface area (Å²) in [5.74, 6) is 1.54. The van der Waals surface area contributed by atoms with Gasteiger partial charge < -0.3 is 19.9 Å². The molecule has 0 aromatic carbocycles. The van der Waals surface area contributed by atoms with Crippen LogP contribution >= 0.6 is 24.0 Å². The van der Waals surface area contributed by atoms with Crippen LogP contribution in [-0.2, 0) is 11.3 Å². The molecule has 1 aromatic heterocycles. The van der Waals surface area contributed by atoms with Gasteiger partial charge in [0, 0.05) is 58.2 Å². The van der Waals surface area contributed by atoms with Crippen molar-refractivity contribution in [3.8, 4) is 0 Å². The predicted molar refractivity (Wildman–Crippen MR) is 113 cm³/mol. The Labute approximate surface area is 168 Å². The van der Waals surface area contributed by atoms with E-state index in [-0.39, 0.29) is 24.0 Å². The van der Waals surface area contributed by atoms with Gasteiger partial charge in [-0.1, -0.05) is 13.8 Å². The molecule has 0 aliphatic carbocycles. The molecule has 144 valence electrons. The maximum atomic E-state index is 5.48. The zero-order valence-corrected chi connectivity index (χ0v) is 18.0. The lowest BCUT2D eigenvalue weighted by atomic mass is 10.0. The summed E-state index contributed by atoms with van der Waals surface area (Å²) in [5, 5.41) is 6.85. The Kier molecular flexibility index (Phi) is 11.1. The molecule has 1 fully saturated rings. The summed E-state index contributed by atoms with van der Waals surface area (Å²) in [6, 6.07) is 0.515. The van der Waals surface area contributed by atoms with Gasteiger partial charge in [-0.3, -0.25) is 9.89 Å². The van der Waals surface area contributed by atoms with Gasteiger partial charge in [-0.15, -0.1) is 24.0 Å². The quantitative estimate of drug-likeness (QED) is 0.346. The third kappa shape index (κ3) is 8.37. The van der Waals surface area contributed by atoms with E-state index in [9.17, 15) is 0 Å². The molecule has 8 heteroatoms. The van der Waals surface area contributed by atoms with E-state index in [1.165, 1.54) is 6.42 Å². The first kappa shape index (κ1) is 22.2. The van der Waals surface area contributed by atoms with Crippen molar-refractivity contribution in [3.63, 3.8) is 0 Å². The summed E-state index contributed by atoms with van der Waals surface area (Å²) in [4.78, 5) is 10.9. The minimum atomic E-state index is 0. The molecule has 2 N–H and O–H groups in total. The van der Waals surface area contributed by atoms with Gasteiger partial charge in [0.25, 0.3) is 0 Å². The lowest BCUT2D eigenvalue weighted by Crippen LogP contribution is -2.51. The van der Waals surface area contributed by atoms with Crippen molar-refractivity contribution in [1.82, 2.24) is 25.1 Å². The normalized spacial score (nSPS) is 17.2. The van der Waals surface area contributed by atoms with E-state index in [0.29, 0.717) is 12.0 Å². The molecule has 0 amide bonds. The van der Waals surface area contributed by atoms with Crippen LogP contribution in [0.3, 0.4) is 0 Å². The Bertz CT molecular complexity index is 473. The minimum Gasteiger partial charge on any atom is -0.379 e. The number of morpholine rings is 1. The number of aliphatic imine (C=N–C) groups is 1. The minimum absolute atomic E-state index is 0. The second-order valence-electron chi connectivity index (χ2n) is 6.61. The highest BCUT2D eigenvalue weighted by Gasteiger charge is 2.22. The van der Waals surface area contributed by atoms with Gasteiger partial charge in [0.1, 0.15) is 0 Å². The number of ether oxygens (including phenoxy) is 1. The van der Waals surface area contributed by atoms with Crippen molar-refractivity contribution in [2.45, 2.75) is 32.9 Å². The monoisotopic (exact) mass is 464 g/mol. The number of nitrogens with one attached hydrogen (secondary N) is 2. The molecule has 1 aliphatic heterocycles. The van der Waals surface area contributed by atoms with Crippen molar-refractivity contribution >= 4 is 29.9 Å². The topological polar surface area (TPSA) is 66.7 Å². The van der Waals surface area contributed by atoms with Gasteiger partial charge in [0.2, 0.25) is 0 Å². The van der Waals surface area contributed by atoms with Crippen LogP contribution in [0.25, 0.3) is 0 Å². The van der Waals surface area contributed by atoms with Crippen LogP contribution in [-0.4, -0.2) is 72.9 Å². The van der Waals surface area contributed by atoms with E-state index in [0.717, 1.165) is 51.9 Å². The Morgan fingerprint density at radius 1 is 1.28 bits per heavy atom. The van der Waals surface area contributed by atoms with Crippen LogP contribution in [0.15, 0.2) is 23.7 Å². The van der Waals surface area contributed by atoms with Crippen LogP contribution in [0.1, 0.15) is 20.3 Å². The Morgan fingerprint density at radius 3 is 2.64 bits per heavy atom. The molecule has 0 saturated carbocycles. The van der Waals surface area contributed by atoms with Crippen molar-refractivity contribution in [2.75, 3.05) is 46.4 Å². The third-order valence-electron chi connectivity index (χ3n) is 4.26. The van der Waals surface area contributed by atoms with E-state index in [4.69, 9.17) is 4.74 Å². The summed E-state index contributed by atoms with van der Waals surface area (Å²) in [7, 11) is 1.82. The third-order valence-corrected chi connectivity index (χ3v) is 4.26. The van der Waals surface area contributed by atoms with Crippen LogP contribution in [0.4, 0.5) is 0 Å². The van der Waals surface area contributed by atoms with Crippen LogP contribution < -0.4 is 10.6 Å². The SMILES string of the molecule is CN=C(NCCn1ccnc1)NCC(CC(C)C)N1CCOCC1.I. The van der Waals surface area contributed by atoms with Crippen LogP contribution in [0.2, 0.25) is 0 Å².